The molecule has 0 bridgehead atoms. The molecule has 124 valence electrons. The van der Waals surface area contributed by atoms with Gasteiger partial charge in [-0.05, 0) is 23.6 Å². The molecular formula is C18H15N5OS. The Morgan fingerprint density at radius 2 is 2.16 bits per heavy atom. The van der Waals surface area contributed by atoms with E-state index < -0.39 is 5.91 Å². The summed E-state index contributed by atoms with van der Waals surface area (Å²) in [5.74, 6) is 0.267. The van der Waals surface area contributed by atoms with Crippen molar-refractivity contribution in [2.75, 3.05) is 5.32 Å². The van der Waals surface area contributed by atoms with Gasteiger partial charge in [0, 0.05) is 28.4 Å². The molecule has 0 aliphatic carbocycles. The molecule has 0 aliphatic heterocycles. The van der Waals surface area contributed by atoms with Crippen LogP contribution in [0.2, 0.25) is 0 Å². The fraction of sp³-hybridized carbons (Fsp3) is 0.0556. The molecule has 0 aliphatic rings. The second-order valence-electron chi connectivity index (χ2n) is 5.49. The number of benzene rings is 1. The van der Waals surface area contributed by atoms with E-state index in [1.165, 1.54) is 4.88 Å². The molecule has 3 aromatic heterocycles. The van der Waals surface area contributed by atoms with E-state index in [4.69, 9.17) is 5.73 Å². The number of hydrogen-bond donors (Lipinski definition) is 2. The van der Waals surface area contributed by atoms with Gasteiger partial charge in [0.1, 0.15) is 0 Å². The maximum absolute atomic E-state index is 11.4. The molecule has 4 rings (SSSR count). The number of anilines is 1. The highest BCUT2D eigenvalue weighted by Crippen LogP contribution is 2.24. The van der Waals surface area contributed by atoms with Crippen molar-refractivity contribution in [1.29, 1.82) is 0 Å². The SMILES string of the molecule is NC(=O)c1cccc(-c2cnc3c(NCc4cccs4)nccn23)c1. The number of nitrogens with zero attached hydrogens (tertiary/aromatic N) is 3. The minimum atomic E-state index is -0.448. The predicted molar refractivity (Wildman–Crippen MR) is 98.6 cm³/mol. The van der Waals surface area contributed by atoms with E-state index in [0.717, 1.165) is 16.9 Å². The van der Waals surface area contributed by atoms with Crippen LogP contribution in [0.5, 0.6) is 0 Å². The fourth-order valence-corrected chi connectivity index (χ4v) is 3.32. The van der Waals surface area contributed by atoms with Crippen LogP contribution < -0.4 is 11.1 Å². The van der Waals surface area contributed by atoms with Crippen molar-refractivity contribution in [3.8, 4) is 11.3 Å². The number of carbonyl (C=O) groups excluding carboxylic acids is 1. The van der Waals surface area contributed by atoms with Gasteiger partial charge >= 0.3 is 0 Å². The van der Waals surface area contributed by atoms with Crippen LogP contribution in [0.1, 0.15) is 15.2 Å². The molecule has 1 amide bonds. The van der Waals surface area contributed by atoms with Crippen molar-refractivity contribution < 1.29 is 4.79 Å². The van der Waals surface area contributed by atoms with Crippen molar-refractivity contribution in [3.63, 3.8) is 0 Å². The molecule has 7 heteroatoms. The lowest BCUT2D eigenvalue weighted by Crippen LogP contribution is -2.10. The molecule has 0 unspecified atom stereocenters. The summed E-state index contributed by atoms with van der Waals surface area (Å²) < 4.78 is 1.95. The first-order valence-electron chi connectivity index (χ1n) is 7.71. The summed E-state index contributed by atoms with van der Waals surface area (Å²) in [7, 11) is 0. The minimum absolute atomic E-state index is 0.448. The third-order valence-corrected chi connectivity index (χ3v) is 4.76. The first kappa shape index (κ1) is 15.3. The van der Waals surface area contributed by atoms with Gasteiger partial charge in [-0.1, -0.05) is 18.2 Å². The molecule has 3 N–H and O–H groups in total. The molecule has 0 atom stereocenters. The van der Waals surface area contributed by atoms with Crippen LogP contribution in [-0.4, -0.2) is 20.3 Å². The van der Waals surface area contributed by atoms with E-state index in [1.807, 2.05) is 34.2 Å². The number of carbonyl (C=O) groups is 1. The molecule has 1 aromatic carbocycles. The number of aromatic nitrogens is 3. The Balaban J connectivity index is 1.71. The summed E-state index contributed by atoms with van der Waals surface area (Å²) in [6.45, 7) is 0.698. The van der Waals surface area contributed by atoms with E-state index in [9.17, 15) is 4.79 Å². The highest BCUT2D eigenvalue weighted by Gasteiger charge is 2.11. The second-order valence-corrected chi connectivity index (χ2v) is 6.52. The molecule has 0 radical (unpaired) electrons. The lowest BCUT2D eigenvalue weighted by atomic mass is 10.1. The molecule has 25 heavy (non-hydrogen) atoms. The van der Waals surface area contributed by atoms with Crippen LogP contribution in [0.4, 0.5) is 5.82 Å². The number of amides is 1. The molecule has 0 saturated heterocycles. The van der Waals surface area contributed by atoms with E-state index in [0.29, 0.717) is 17.9 Å². The number of primary amides is 1. The second kappa shape index (κ2) is 6.37. The zero-order valence-electron chi connectivity index (χ0n) is 13.2. The Morgan fingerprint density at radius 1 is 1.24 bits per heavy atom. The third-order valence-electron chi connectivity index (χ3n) is 3.88. The predicted octanol–water partition coefficient (Wildman–Crippen LogP) is 3.17. The van der Waals surface area contributed by atoms with Crippen LogP contribution in [0.25, 0.3) is 16.9 Å². The number of nitrogens with one attached hydrogen (secondary N) is 1. The van der Waals surface area contributed by atoms with Crippen LogP contribution >= 0.6 is 11.3 Å². The Bertz CT molecular complexity index is 1040. The number of thiophene rings is 1. The monoisotopic (exact) mass is 349 g/mol. The first-order chi connectivity index (χ1) is 12.2. The van der Waals surface area contributed by atoms with Crippen LogP contribution in [0.15, 0.2) is 60.4 Å². The summed E-state index contributed by atoms with van der Waals surface area (Å²) in [6.07, 6.45) is 5.35. The van der Waals surface area contributed by atoms with E-state index in [2.05, 4.69) is 21.4 Å². The Morgan fingerprint density at radius 3 is 2.96 bits per heavy atom. The zero-order valence-corrected chi connectivity index (χ0v) is 14.0. The van der Waals surface area contributed by atoms with Crippen LogP contribution in [0, 0.1) is 0 Å². The smallest absolute Gasteiger partial charge is 0.248 e. The first-order valence-corrected chi connectivity index (χ1v) is 8.59. The van der Waals surface area contributed by atoms with E-state index in [1.54, 1.807) is 35.9 Å². The van der Waals surface area contributed by atoms with E-state index in [-0.39, 0.29) is 0 Å². The maximum Gasteiger partial charge on any atom is 0.248 e. The van der Waals surface area contributed by atoms with E-state index >= 15 is 0 Å². The van der Waals surface area contributed by atoms with Gasteiger partial charge in [-0.3, -0.25) is 9.20 Å². The summed E-state index contributed by atoms with van der Waals surface area (Å²) in [6, 6.07) is 11.3. The number of hydrogen-bond acceptors (Lipinski definition) is 5. The number of rotatable bonds is 5. The van der Waals surface area contributed by atoms with Gasteiger partial charge in [-0.15, -0.1) is 11.3 Å². The molecule has 4 aromatic rings. The molecule has 0 spiro atoms. The Labute approximate surface area is 148 Å². The average molecular weight is 349 g/mol. The molecule has 0 fully saturated rings. The molecular weight excluding hydrogens is 334 g/mol. The topological polar surface area (TPSA) is 85.3 Å². The zero-order chi connectivity index (χ0) is 17.2. The highest BCUT2D eigenvalue weighted by atomic mass is 32.1. The lowest BCUT2D eigenvalue weighted by molar-refractivity contribution is 0.100. The highest BCUT2D eigenvalue weighted by molar-refractivity contribution is 7.09. The molecule has 0 saturated carbocycles. The van der Waals surface area contributed by atoms with Crippen molar-refractivity contribution >= 4 is 28.7 Å². The Hall–Kier alpha value is -3.19. The normalized spacial score (nSPS) is 10.9. The van der Waals surface area contributed by atoms with Gasteiger partial charge in [0.15, 0.2) is 11.5 Å². The maximum atomic E-state index is 11.4. The average Bonchev–Trinajstić information content (AvgIpc) is 3.30. The fourth-order valence-electron chi connectivity index (χ4n) is 2.67. The van der Waals surface area contributed by atoms with Gasteiger partial charge in [0.05, 0.1) is 18.4 Å². The van der Waals surface area contributed by atoms with Gasteiger partial charge in [0.25, 0.3) is 0 Å². The van der Waals surface area contributed by atoms with Crippen molar-refractivity contribution in [3.05, 3.63) is 70.8 Å². The third kappa shape index (κ3) is 2.97. The van der Waals surface area contributed by atoms with Crippen molar-refractivity contribution in [2.45, 2.75) is 6.54 Å². The minimum Gasteiger partial charge on any atom is -0.366 e. The Kier molecular flexibility index (Phi) is 3.91. The number of nitrogens with two attached hydrogens (primary N) is 1. The van der Waals surface area contributed by atoms with Gasteiger partial charge < -0.3 is 11.1 Å². The molecule has 6 nitrogen and oxygen atoms in total. The van der Waals surface area contributed by atoms with Gasteiger partial charge in [0.2, 0.25) is 5.91 Å². The van der Waals surface area contributed by atoms with Crippen LogP contribution in [-0.2, 0) is 6.54 Å². The van der Waals surface area contributed by atoms with Crippen molar-refractivity contribution in [2.24, 2.45) is 5.73 Å². The standard InChI is InChI=1S/C18H15N5OS/c19-16(24)13-4-1-3-12(9-13)15-11-22-18-17(20-6-7-23(15)18)21-10-14-5-2-8-25-14/h1-9,11H,10H2,(H2,19,24)(H,20,21). The van der Waals surface area contributed by atoms with Gasteiger partial charge in [-0.2, -0.15) is 0 Å². The quantitative estimate of drug-likeness (QED) is 0.579. The summed E-state index contributed by atoms with van der Waals surface area (Å²) in [5.41, 5.74) is 8.33. The van der Waals surface area contributed by atoms with Crippen molar-refractivity contribution in [1.82, 2.24) is 14.4 Å². The van der Waals surface area contributed by atoms with Gasteiger partial charge in [-0.25, -0.2) is 9.97 Å². The number of imidazole rings is 1. The van der Waals surface area contributed by atoms with Crippen LogP contribution in [0.3, 0.4) is 0 Å². The summed E-state index contributed by atoms with van der Waals surface area (Å²) >= 11 is 1.69. The largest absolute Gasteiger partial charge is 0.366 e. The number of fused-ring (bicyclic) bond motifs is 1. The summed E-state index contributed by atoms with van der Waals surface area (Å²) in [5, 5.41) is 5.37. The lowest BCUT2D eigenvalue weighted by Gasteiger charge is -2.07. The molecule has 3 heterocycles. The summed E-state index contributed by atoms with van der Waals surface area (Å²) in [4.78, 5) is 21.5.